The fraction of sp³-hybridized carbons (Fsp3) is 0.667. The fourth-order valence-corrected chi connectivity index (χ4v) is 2.30. The van der Waals surface area contributed by atoms with Gasteiger partial charge in [-0.05, 0) is 31.5 Å². The first-order chi connectivity index (χ1) is 9.83. The van der Waals surface area contributed by atoms with Crippen molar-refractivity contribution in [2.75, 3.05) is 19.7 Å². The zero-order valence-corrected chi connectivity index (χ0v) is 12.7. The second kappa shape index (κ2) is 7.37. The highest BCUT2D eigenvalue weighted by molar-refractivity contribution is 5.85. The van der Waals surface area contributed by atoms with E-state index in [1.54, 1.807) is 11.6 Å². The Bertz CT molecular complexity index is 551. The first-order valence-corrected chi connectivity index (χ1v) is 6.85. The van der Waals surface area contributed by atoms with Crippen molar-refractivity contribution in [3.05, 3.63) is 17.6 Å². The van der Waals surface area contributed by atoms with Crippen LogP contribution in [-0.4, -0.2) is 45.0 Å². The van der Waals surface area contributed by atoms with Gasteiger partial charge in [-0.3, -0.25) is 0 Å². The topological polar surface area (TPSA) is 90.9 Å². The van der Waals surface area contributed by atoms with Crippen LogP contribution in [0.4, 0.5) is 0 Å². The van der Waals surface area contributed by atoms with E-state index in [4.69, 9.17) is 4.74 Å². The zero-order chi connectivity index (χ0) is 13.8. The molecule has 0 amide bonds. The van der Waals surface area contributed by atoms with Crippen molar-refractivity contribution >= 4 is 12.4 Å². The van der Waals surface area contributed by atoms with E-state index in [1.807, 2.05) is 6.20 Å². The lowest BCUT2D eigenvalue weighted by molar-refractivity contribution is 0.244. The zero-order valence-electron chi connectivity index (χ0n) is 11.9. The van der Waals surface area contributed by atoms with Gasteiger partial charge in [0, 0.05) is 18.7 Å². The largest absolute Gasteiger partial charge is 0.472 e. The van der Waals surface area contributed by atoms with Gasteiger partial charge in [-0.2, -0.15) is 0 Å². The molecule has 21 heavy (non-hydrogen) atoms. The van der Waals surface area contributed by atoms with Gasteiger partial charge in [0.25, 0.3) is 5.88 Å². The molecule has 1 aliphatic rings. The van der Waals surface area contributed by atoms with Gasteiger partial charge in [-0.15, -0.1) is 17.5 Å². The third-order valence-electron chi connectivity index (χ3n) is 3.44. The summed E-state index contributed by atoms with van der Waals surface area (Å²) in [5.74, 6) is 0.905. The van der Waals surface area contributed by atoms with Gasteiger partial charge in [0.1, 0.15) is 12.3 Å². The lowest BCUT2D eigenvalue weighted by Gasteiger charge is -2.20. The number of piperidine rings is 1. The van der Waals surface area contributed by atoms with Crippen LogP contribution in [0.1, 0.15) is 30.1 Å². The lowest BCUT2D eigenvalue weighted by atomic mass is 9.97. The third-order valence-corrected chi connectivity index (χ3v) is 3.44. The second-order valence-corrected chi connectivity index (χ2v) is 4.95. The smallest absolute Gasteiger partial charge is 0.278 e. The van der Waals surface area contributed by atoms with E-state index >= 15 is 0 Å². The molecule has 116 valence electrons. The highest BCUT2D eigenvalue weighted by Crippen LogP contribution is 2.20. The highest BCUT2D eigenvalue weighted by Gasteiger charge is 2.18. The molecule has 3 rings (SSSR count). The second-order valence-electron chi connectivity index (χ2n) is 4.95. The number of hydrogen-bond acceptors (Lipinski definition) is 7. The SMILES string of the molecule is Cc1nonc1OCCn1cc(C2CCCNC2)nn1.Cl. The monoisotopic (exact) mass is 314 g/mol. The van der Waals surface area contributed by atoms with Crippen LogP contribution in [0, 0.1) is 6.92 Å². The number of ether oxygens (including phenoxy) is 1. The molecule has 0 saturated carbocycles. The average molecular weight is 315 g/mol. The fourth-order valence-electron chi connectivity index (χ4n) is 2.30. The molecule has 0 radical (unpaired) electrons. The summed E-state index contributed by atoms with van der Waals surface area (Å²) in [5.41, 5.74) is 1.70. The molecule has 9 heteroatoms. The standard InChI is InChI=1S/C12H18N6O2.ClH/c1-9-12(16-20-15-9)19-6-5-18-8-11(14-17-18)10-3-2-4-13-7-10;/h8,10,13H,2-7H2,1H3;1H. The van der Waals surface area contributed by atoms with E-state index in [1.165, 1.54) is 12.8 Å². The Hall–Kier alpha value is -1.67. The summed E-state index contributed by atoms with van der Waals surface area (Å²) in [7, 11) is 0. The van der Waals surface area contributed by atoms with Crippen molar-refractivity contribution in [1.82, 2.24) is 30.6 Å². The van der Waals surface area contributed by atoms with Crippen LogP contribution < -0.4 is 10.1 Å². The minimum absolute atomic E-state index is 0. The normalized spacial score (nSPS) is 18.2. The number of aromatic nitrogens is 5. The van der Waals surface area contributed by atoms with Crippen molar-refractivity contribution in [3.8, 4) is 5.88 Å². The maximum atomic E-state index is 5.47. The van der Waals surface area contributed by atoms with Crippen molar-refractivity contribution in [1.29, 1.82) is 0 Å². The van der Waals surface area contributed by atoms with Gasteiger partial charge in [0.15, 0.2) is 0 Å². The molecule has 1 unspecified atom stereocenters. The molecule has 2 aromatic rings. The maximum Gasteiger partial charge on any atom is 0.278 e. The van der Waals surface area contributed by atoms with Crippen LogP contribution in [0.3, 0.4) is 0 Å². The Morgan fingerprint density at radius 1 is 1.48 bits per heavy atom. The van der Waals surface area contributed by atoms with E-state index in [2.05, 4.69) is 30.6 Å². The minimum Gasteiger partial charge on any atom is -0.472 e. The average Bonchev–Trinajstić information content (AvgIpc) is 3.10. The molecule has 8 nitrogen and oxygen atoms in total. The first-order valence-electron chi connectivity index (χ1n) is 6.85. The van der Waals surface area contributed by atoms with E-state index in [9.17, 15) is 0 Å². The van der Waals surface area contributed by atoms with Crippen LogP contribution in [0.2, 0.25) is 0 Å². The Kier molecular flexibility index (Phi) is 5.51. The van der Waals surface area contributed by atoms with Crippen LogP contribution in [0.25, 0.3) is 0 Å². The summed E-state index contributed by atoms with van der Waals surface area (Å²) in [6.45, 7) is 4.96. The summed E-state index contributed by atoms with van der Waals surface area (Å²) in [6, 6.07) is 0. The van der Waals surface area contributed by atoms with Crippen LogP contribution in [0.5, 0.6) is 5.88 Å². The first kappa shape index (κ1) is 15.7. The Labute approximate surface area is 128 Å². The van der Waals surface area contributed by atoms with Gasteiger partial charge in [0.05, 0.1) is 12.2 Å². The molecular formula is C12H19ClN6O2. The Morgan fingerprint density at radius 3 is 3.10 bits per heavy atom. The summed E-state index contributed by atoms with van der Waals surface area (Å²) in [5, 5.41) is 19.1. The predicted molar refractivity (Wildman–Crippen MR) is 76.6 cm³/mol. The van der Waals surface area contributed by atoms with Crippen LogP contribution in [-0.2, 0) is 6.54 Å². The number of nitrogens with zero attached hydrogens (tertiary/aromatic N) is 5. The van der Waals surface area contributed by atoms with Crippen molar-refractivity contribution < 1.29 is 9.37 Å². The Balaban J connectivity index is 0.00000161. The van der Waals surface area contributed by atoms with Crippen molar-refractivity contribution in [2.45, 2.75) is 32.2 Å². The summed E-state index contributed by atoms with van der Waals surface area (Å²) in [4.78, 5) is 0. The van der Waals surface area contributed by atoms with Crippen LogP contribution in [0.15, 0.2) is 10.8 Å². The number of hydrogen-bond donors (Lipinski definition) is 1. The van der Waals surface area contributed by atoms with E-state index in [0.717, 1.165) is 18.8 Å². The number of rotatable bonds is 5. The molecule has 1 saturated heterocycles. The molecule has 3 heterocycles. The maximum absolute atomic E-state index is 5.47. The molecule has 2 aromatic heterocycles. The quantitative estimate of drug-likeness (QED) is 0.878. The van der Waals surface area contributed by atoms with E-state index in [0.29, 0.717) is 30.6 Å². The van der Waals surface area contributed by atoms with Gasteiger partial charge >= 0.3 is 0 Å². The van der Waals surface area contributed by atoms with Gasteiger partial charge < -0.3 is 10.1 Å². The molecule has 0 bridgehead atoms. The molecule has 0 aliphatic carbocycles. The molecule has 1 N–H and O–H groups in total. The van der Waals surface area contributed by atoms with Crippen LogP contribution >= 0.6 is 12.4 Å². The van der Waals surface area contributed by atoms with Gasteiger partial charge in [-0.25, -0.2) is 9.31 Å². The number of aryl methyl sites for hydroxylation is 1. The highest BCUT2D eigenvalue weighted by atomic mass is 35.5. The molecule has 1 fully saturated rings. The van der Waals surface area contributed by atoms with Gasteiger partial charge in [-0.1, -0.05) is 10.4 Å². The summed E-state index contributed by atoms with van der Waals surface area (Å²) in [6.07, 6.45) is 4.36. The minimum atomic E-state index is 0. The van der Waals surface area contributed by atoms with Crippen molar-refractivity contribution in [2.24, 2.45) is 0 Å². The molecule has 1 atom stereocenters. The van der Waals surface area contributed by atoms with Gasteiger partial charge in [0.2, 0.25) is 0 Å². The molecule has 0 spiro atoms. The molecular weight excluding hydrogens is 296 g/mol. The lowest BCUT2D eigenvalue weighted by Crippen LogP contribution is -2.28. The molecule has 0 aromatic carbocycles. The summed E-state index contributed by atoms with van der Waals surface area (Å²) >= 11 is 0. The third kappa shape index (κ3) is 3.92. The van der Waals surface area contributed by atoms with E-state index in [-0.39, 0.29) is 12.4 Å². The number of halogens is 1. The van der Waals surface area contributed by atoms with Crippen molar-refractivity contribution in [3.63, 3.8) is 0 Å². The number of nitrogens with one attached hydrogen (secondary N) is 1. The molecule has 1 aliphatic heterocycles. The summed E-state index contributed by atoms with van der Waals surface area (Å²) < 4.78 is 11.8. The van der Waals surface area contributed by atoms with E-state index < -0.39 is 0 Å². The Morgan fingerprint density at radius 2 is 2.38 bits per heavy atom. The predicted octanol–water partition coefficient (Wildman–Crippen LogP) is 0.937.